The van der Waals surface area contributed by atoms with Crippen LogP contribution < -0.4 is 5.32 Å². The van der Waals surface area contributed by atoms with Crippen molar-refractivity contribution in [2.75, 3.05) is 6.54 Å². The molecular weight excluding hydrogens is 215 g/mol. The molecule has 2 aliphatic rings. The van der Waals surface area contributed by atoms with Crippen LogP contribution in [-0.2, 0) is 0 Å². The molecule has 1 heterocycles. The number of rotatable bonds is 4. The summed E-state index contributed by atoms with van der Waals surface area (Å²) in [7, 11) is 0. The Labute approximate surface area is 102 Å². The smallest absolute Gasteiger partial charge is 0.141 e. The van der Waals surface area contributed by atoms with Crippen LogP contribution in [0, 0.1) is 23.6 Å². The Morgan fingerprint density at radius 1 is 1.35 bits per heavy atom. The van der Waals surface area contributed by atoms with Gasteiger partial charge in [-0.25, -0.2) is 4.39 Å². The molecule has 0 bridgehead atoms. The molecule has 0 spiro atoms. The SMILES string of the molecule is CCNC(c1cncc(F)c1)C1CC2CC2C1. The highest BCUT2D eigenvalue weighted by Gasteiger charge is 2.47. The molecule has 2 aliphatic carbocycles. The van der Waals surface area contributed by atoms with Crippen LogP contribution in [0.3, 0.4) is 0 Å². The van der Waals surface area contributed by atoms with Crippen molar-refractivity contribution in [2.24, 2.45) is 17.8 Å². The van der Waals surface area contributed by atoms with Crippen LogP contribution in [-0.4, -0.2) is 11.5 Å². The Morgan fingerprint density at radius 3 is 2.76 bits per heavy atom. The van der Waals surface area contributed by atoms with E-state index in [2.05, 4.69) is 17.2 Å². The highest BCUT2D eigenvalue weighted by atomic mass is 19.1. The molecule has 0 aliphatic heterocycles. The van der Waals surface area contributed by atoms with E-state index in [-0.39, 0.29) is 11.9 Å². The molecule has 2 nitrogen and oxygen atoms in total. The van der Waals surface area contributed by atoms with E-state index in [1.807, 2.05) is 0 Å². The number of aromatic nitrogens is 1. The number of pyridine rings is 1. The first-order chi connectivity index (χ1) is 8.28. The van der Waals surface area contributed by atoms with Gasteiger partial charge in [-0.2, -0.15) is 0 Å². The molecule has 1 aromatic rings. The molecule has 92 valence electrons. The van der Waals surface area contributed by atoms with Gasteiger partial charge in [0.25, 0.3) is 0 Å². The van der Waals surface area contributed by atoms with E-state index in [1.165, 1.54) is 25.5 Å². The van der Waals surface area contributed by atoms with Gasteiger partial charge in [0.1, 0.15) is 5.82 Å². The maximum atomic E-state index is 13.2. The molecule has 3 rings (SSSR count). The zero-order valence-electron chi connectivity index (χ0n) is 10.2. The van der Waals surface area contributed by atoms with E-state index < -0.39 is 0 Å². The van der Waals surface area contributed by atoms with E-state index in [0.717, 1.165) is 23.9 Å². The predicted molar refractivity (Wildman–Crippen MR) is 64.9 cm³/mol. The van der Waals surface area contributed by atoms with Gasteiger partial charge >= 0.3 is 0 Å². The molecule has 0 radical (unpaired) electrons. The van der Waals surface area contributed by atoms with Crippen molar-refractivity contribution in [3.8, 4) is 0 Å². The minimum atomic E-state index is -0.228. The van der Waals surface area contributed by atoms with Crippen LogP contribution in [0.4, 0.5) is 4.39 Å². The number of hydrogen-bond acceptors (Lipinski definition) is 2. The third-order valence-electron chi connectivity index (χ3n) is 4.26. The van der Waals surface area contributed by atoms with Gasteiger partial charge in [-0.05, 0) is 55.2 Å². The Bertz CT molecular complexity index is 397. The molecular formula is C14H19FN2. The van der Waals surface area contributed by atoms with Crippen LogP contribution in [0.2, 0.25) is 0 Å². The second-order valence-corrected chi connectivity index (χ2v) is 5.46. The monoisotopic (exact) mass is 234 g/mol. The average molecular weight is 234 g/mol. The fourth-order valence-corrected chi connectivity index (χ4v) is 3.41. The molecule has 17 heavy (non-hydrogen) atoms. The van der Waals surface area contributed by atoms with Crippen molar-refractivity contribution in [2.45, 2.75) is 32.2 Å². The maximum absolute atomic E-state index is 13.2. The predicted octanol–water partition coefficient (Wildman–Crippen LogP) is 2.92. The molecule has 1 aromatic heterocycles. The van der Waals surface area contributed by atoms with Crippen LogP contribution in [0.1, 0.15) is 37.8 Å². The fraction of sp³-hybridized carbons (Fsp3) is 0.643. The summed E-state index contributed by atoms with van der Waals surface area (Å²) >= 11 is 0. The Balaban J connectivity index is 1.79. The highest BCUT2D eigenvalue weighted by molar-refractivity contribution is 5.18. The standard InChI is InChI=1S/C14H19FN2/c1-2-17-14(11-4-9-3-10(9)5-11)12-6-13(15)8-16-7-12/h6-11,14,17H,2-5H2,1H3. The second kappa shape index (κ2) is 4.37. The lowest BCUT2D eigenvalue weighted by Gasteiger charge is -2.25. The molecule has 0 amide bonds. The average Bonchev–Trinajstić information content (AvgIpc) is 2.93. The van der Waals surface area contributed by atoms with Crippen LogP contribution in [0.5, 0.6) is 0 Å². The zero-order valence-corrected chi connectivity index (χ0v) is 10.2. The van der Waals surface area contributed by atoms with Crippen molar-refractivity contribution in [1.29, 1.82) is 0 Å². The number of fused-ring (bicyclic) bond motifs is 1. The summed E-state index contributed by atoms with van der Waals surface area (Å²) in [5.74, 6) is 2.36. The van der Waals surface area contributed by atoms with Gasteiger partial charge in [0.05, 0.1) is 6.20 Å². The summed E-state index contributed by atoms with van der Waals surface area (Å²) in [6.45, 7) is 3.03. The number of nitrogens with zero attached hydrogens (tertiary/aromatic N) is 1. The van der Waals surface area contributed by atoms with E-state index in [9.17, 15) is 4.39 Å². The Morgan fingerprint density at radius 2 is 2.12 bits per heavy atom. The molecule has 3 atom stereocenters. The van der Waals surface area contributed by atoms with E-state index >= 15 is 0 Å². The summed E-state index contributed by atoms with van der Waals surface area (Å²) in [5, 5.41) is 3.50. The Hall–Kier alpha value is -0.960. The molecule has 0 aromatic carbocycles. The van der Waals surface area contributed by atoms with Gasteiger partial charge in [-0.15, -0.1) is 0 Å². The molecule has 2 saturated carbocycles. The highest BCUT2D eigenvalue weighted by Crippen LogP contribution is 2.57. The quantitative estimate of drug-likeness (QED) is 0.866. The molecule has 1 N–H and O–H groups in total. The maximum Gasteiger partial charge on any atom is 0.141 e. The third kappa shape index (κ3) is 2.21. The fourth-order valence-electron chi connectivity index (χ4n) is 3.41. The summed E-state index contributed by atoms with van der Waals surface area (Å²) in [6, 6.07) is 1.92. The lowest BCUT2D eigenvalue weighted by atomic mass is 9.90. The first-order valence-corrected chi connectivity index (χ1v) is 6.61. The van der Waals surface area contributed by atoms with Crippen molar-refractivity contribution in [1.82, 2.24) is 10.3 Å². The topological polar surface area (TPSA) is 24.9 Å². The minimum Gasteiger partial charge on any atom is -0.310 e. The molecule has 0 saturated heterocycles. The lowest BCUT2D eigenvalue weighted by Crippen LogP contribution is -2.28. The third-order valence-corrected chi connectivity index (χ3v) is 4.26. The van der Waals surface area contributed by atoms with Crippen molar-refractivity contribution < 1.29 is 4.39 Å². The van der Waals surface area contributed by atoms with Crippen LogP contribution in [0.15, 0.2) is 18.5 Å². The second-order valence-electron chi connectivity index (χ2n) is 5.46. The van der Waals surface area contributed by atoms with Gasteiger partial charge in [-0.3, -0.25) is 4.98 Å². The van der Waals surface area contributed by atoms with Gasteiger partial charge in [-0.1, -0.05) is 6.92 Å². The van der Waals surface area contributed by atoms with Crippen molar-refractivity contribution >= 4 is 0 Å². The summed E-state index contributed by atoms with van der Waals surface area (Å²) < 4.78 is 13.2. The zero-order chi connectivity index (χ0) is 11.8. The molecule has 3 heteroatoms. The number of hydrogen-bond donors (Lipinski definition) is 1. The number of nitrogens with one attached hydrogen (secondary N) is 1. The van der Waals surface area contributed by atoms with Crippen molar-refractivity contribution in [3.63, 3.8) is 0 Å². The largest absolute Gasteiger partial charge is 0.310 e. The molecule has 2 fully saturated rings. The molecule has 3 unspecified atom stereocenters. The summed E-state index contributed by atoms with van der Waals surface area (Å²) in [4.78, 5) is 3.97. The Kier molecular flexibility index (Phi) is 2.87. The van der Waals surface area contributed by atoms with Gasteiger partial charge in [0.15, 0.2) is 0 Å². The minimum absolute atomic E-state index is 0.228. The van der Waals surface area contributed by atoms with E-state index in [1.54, 1.807) is 12.3 Å². The van der Waals surface area contributed by atoms with Gasteiger partial charge in [0, 0.05) is 12.2 Å². The van der Waals surface area contributed by atoms with E-state index in [0.29, 0.717) is 5.92 Å². The van der Waals surface area contributed by atoms with Crippen LogP contribution in [0.25, 0.3) is 0 Å². The van der Waals surface area contributed by atoms with Crippen molar-refractivity contribution in [3.05, 3.63) is 29.8 Å². The normalized spacial score (nSPS) is 32.2. The lowest BCUT2D eigenvalue weighted by molar-refractivity contribution is 0.345. The van der Waals surface area contributed by atoms with E-state index in [4.69, 9.17) is 0 Å². The van der Waals surface area contributed by atoms with Crippen LogP contribution >= 0.6 is 0 Å². The number of halogens is 1. The summed E-state index contributed by atoms with van der Waals surface area (Å²) in [6.07, 6.45) is 7.12. The summed E-state index contributed by atoms with van der Waals surface area (Å²) in [5.41, 5.74) is 1.01. The van der Waals surface area contributed by atoms with Gasteiger partial charge < -0.3 is 5.32 Å². The first kappa shape index (κ1) is 11.1. The first-order valence-electron chi connectivity index (χ1n) is 6.61. The van der Waals surface area contributed by atoms with Gasteiger partial charge in [0.2, 0.25) is 0 Å².